The molecule has 2 rings (SSSR count). The molecule has 0 bridgehead atoms. The highest BCUT2D eigenvalue weighted by atomic mass is 16.5. The molecule has 116 valence electrons. The van der Waals surface area contributed by atoms with Crippen molar-refractivity contribution < 1.29 is 9.53 Å². The van der Waals surface area contributed by atoms with E-state index in [0.29, 0.717) is 12.3 Å². The highest BCUT2D eigenvalue weighted by molar-refractivity contribution is 5.69. The number of nitrogens with zero attached hydrogens (tertiary/aromatic N) is 1. The largest absolute Gasteiger partial charge is 0.469 e. The lowest BCUT2D eigenvalue weighted by atomic mass is 9.93. The Balaban J connectivity index is 1.85. The molecule has 1 atom stereocenters. The van der Waals surface area contributed by atoms with Gasteiger partial charge in [0.15, 0.2) is 0 Å². The highest BCUT2D eigenvalue weighted by Crippen LogP contribution is 2.23. The summed E-state index contributed by atoms with van der Waals surface area (Å²) in [6.45, 7) is 7.62. The second kappa shape index (κ2) is 7.60. The van der Waals surface area contributed by atoms with E-state index < -0.39 is 0 Å². The maximum atomic E-state index is 11.3. The average Bonchev–Trinajstić information content (AvgIpc) is 2.49. The van der Waals surface area contributed by atoms with Crippen molar-refractivity contribution >= 4 is 5.97 Å². The summed E-state index contributed by atoms with van der Waals surface area (Å²) in [6.07, 6.45) is 3.98. The number of hydrogen-bond acceptors (Lipinski definition) is 3. The first-order valence-electron chi connectivity index (χ1n) is 7.94. The van der Waals surface area contributed by atoms with Crippen LogP contribution in [0, 0.1) is 19.8 Å². The van der Waals surface area contributed by atoms with Crippen LogP contribution >= 0.6 is 0 Å². The van der Waals surface area contributed by atoms with E-state index >= 15 is 0 Å². The van der Waals surface area contributed by atoms with Crippen LogP contribution < -0.4 is 0 Å². The van der Waals surface area contributed by atoms with Gasteiger partial charge >= 0.3 is 5.97 Å². The van der Waals surface area contributed by atoms with Gasteiger partial charge in [0.05, 0.1) is 7.11 Å². The molecule has 0 saturated carbocycles. The molecule has 0 N–H and O–H groups in total. The summed E-state index contributed by atoms with van der Waals surface area (Å²) in [7, 11) is 1.47. The van der Waals surface area contributed by atoms with Crippen LogP contribution in [-0.4, -0.2) is 31.1 Å². The Labute approximate surface area is 128 Å². The molecule has 21 heavy (non-hydrogen) atoms. The number of methoxy groups -OCH3 is 1. The van der Waals surface area contributed by atoms with Crippen LogP contribution in [0.1, 0.15) is 42.4 Å². The van der Waals surface area contributed by atoms with E-state index in [1.807, 2.05) is 0 Å². The van der Waals surface area contributed by atoms with Crippen molar-refractivity contribution in [1.82, 2.24) is 4.90 Å². The number of carbonyl (C=O) groups excluding carboxylic acids is 1. The summed E-state index contributed by atoms with van der Waals surface area (Å²) in [6, 6.07) is 6.75. The van der Waals surface area contributed by atoms with Gasteiger partial charge in [-0.1, -0.05) is 18.2 Å². The maximum Gasteiger partial charge on any atom is 0.305 e. The van der Waals surface area contributed by atoms with Crippen molar-refractivity contribution in [1.29, 1.82) is 0 Å². The Kier molecular flexibility index (Phi) is 5.80. The fraction of sp³-hybridized carbons (Fsp3) is 0.611. The third kappa shape index (κ3) is 4.85. The standard InChI is InChI=1S/C18H27NO2/c1-14-6-7-17(11-15(14)2)13-19-10-4-5-16(12-19)8-9-18(20)21-3/h6-7,11,16H,4-5,8-10,12-13H2,1-3H3. The molecular formula is C18H27NO2. The van der Waals surface area contributed by atoms with Crippen molar-refractivity contribution in [2.75, 3.05) is 20.2 Å². The van der Waals surface area contributed by atoms with Crippen molar-refractivity contribution in [3.05, 3.63) is 34.9 Å². The predicted octanol–water partition coefficient (Wildman–Crippen LogP) is 3.47. The zero-order valence-electron chi connectivity index (χ0n) is 13.5. The molecule has 0 aromatic heterocycles. The number of rotatable bonds is 5. The lowest BCUT2D eigenvalue weighted by Crippen LogP contribution is -2.35. The third-order valence-corrected chi connectivity index (χ3v) is 4.56. The van der Waals surface area contributed by atoms with Gasteiger partial charge in [0.25, 0.3) is 0 Å². The Morgan fingerprint density at radius 2 is 2.14 bits per heavy atom. The van der Waals surface area contributed by atoms with Crippen LogP contribution in [0.15, 0.2) is 18.2 Å². The molecule has 1 aromatic carbocycles. The first kappa shape index (κ1) is 16.0. The highest BCUT2D eigenvalue weighted by Gasteiger charge is 2.20. The van der Waals surface area contributed by atoms with Gasteiger partial charge in [0, 0.05) is 19.5 Å². The molecule has 1 saturated heterocycles. The molecule has 0 amide bonds. The molecule has 1 unspecified atom stereocenters. The monoisotopic (exact) mass is 289 g/mol. The fourth-order valence-electron chi connectivity index (χ4n) is 3.11. The number of esters is 1. The summed E-state index contributed by atoms with van der Waals surface area (Å²) in [5.74, 6) is 0.547. The predicted molar refractivity (Wildman–Crippen MR) is 85.2 cm³/mol. The van der Waals surface area contributed by atoms with E-state index in [1.54, 1.807) is 0 Å². The molecule has 0 spiro atoms. The Hall–Kier alpha value is -1.35. The van der Waals surface area contributed by atoms with Gasteiger partial charge in [-0.2, -0.15) is 0 Å². The second-order valence-corrected chi connectivity index (χ2v) is 6.28. The number of aryl methyl sites for hydroxylation is 2. The minimum absolute atomic E-state index is 0.0821. The maximum absolute atomic E-state index is 11.3. The zero-order chi connectivity index (χ0) is 15.2. The van der Waals surface area contributed by atoms with Crippen molar-refractivity contribution in [3.63, 3.8) is 0 Å². The summed E-state index contributed by atoms with van der Waals surface area (Å²) < 4.78 is 4.74. The molecule has 1 heterocycles. The number of likely N-dealkylation sites (tertiary alicyclic amines) is 1. The Morgan fingerprint density at radius 1 is 1.33 bits per heavy atom. The molecule has 1 aliphatic rings. The van der Waals surface area contributed by atoms with Gasteiger partial charge in [0.1, 0.15) is 0 Å². The fourth-order valence-corrected chi connectivity index (χ4v) is 3.11. The van der Waals surface area contributed by atoms with Crippen LogP contribution in [0.25, 0.3) is 0 Å². The molecule has 0 aliphatic carbocycles. The Bertz CT molecular complexity index is 484. The van der Waals surface area contributed by atoms with E-state index in [9.17, 15) is 4.79 Å². The van der Waals surface area contributed by atoms with E-state index in [-0.39, 0.29) is 5.97 Å². The third-order valence-electron chi connectivity index (χ3n) is 4.56. The summed E-state index contributed by atoms with van der Waals surface area (Å²) in [5.41, 5.74) is 4.12. The van der Waals surface area contributed by atoms with Gasteiger partial charge in [-0.15, -0.1) is 0 Å². The SMILES string of the molecule is COC(=O)CCC1CCCN(Cc2ccc(C)c(C)c2)C1. The first-order chi connectivity index (χ1) is 10.1. The van der Waals surface area contributed by atoms with Crippen molar-refractivity contribution in [3.8, 4) is 0 Å². The zero-order valence-corrected chi connectivity index (χ0v) is 13.5. The van der Waals surface area contributed by atoms with E-state index in [4.69, 9.17) is 4.74 Å². The van der Waals surface area contributed by atoms with E-state index in [1.165, 1.54) is 43.2 Å². The first-order valence-corrected chi connectivity index (χ1v) is 7.94. The van der Waals surface area contributed by atoms with Gasteiger partial charge in [-0.25, -0.2) is 0 Å². The van der Waals surface area contributed by atoms with Crippen LogP contribution in [-0.2, 0) is 16.1 Å². The lowest BCUT2D eigenvalue weighted by Gasteiger charge is -2.32. The number of hydrogen-bond donors (Lipinski definition) is 0. The summed E-state index contributed by atoms with van der Waals surface area (Å²) >= 11 is 0. The number of carbonyl (C=O) groups is 1. The molecule has 1 fully saturated rings. The van der Waals surface area contributed by atoms with Crippen molar-refractivity contribution in [2.45, 2.75) is 46.1 Å². The minimum Gasteiger partial charge on any atom is -0.469 e. The second-order valence-electron chi connectivity index (χ2n) is 6.28. The van der Waals surface area contributed by atoms with Gasteiger partial charge < -0.3 is 4.74 Å². The van der Waals surface area contributed by atoms with Crippen LogP contribution in [0.2, 0.25) is 0 Å². The minimum atomic E-state index is -0.0821. The van der Waals surface area contributed by atoms with Crippen LogP contribution in [0.5, 0.6) is 0 Å². The lowest BCUT2D eigenvalue weighted by molar-refractivity contribution is -0.141. The molecule has 3 heteroatoms. The van der Waals surface area contributed by atoms with Crippen molar-refractivity contribution in [2.24, 2.45) is 5.92 Å². The van der Waals surface area contributed by atoms with Crippen LogP contribution in [0.4, 0.5) is 0 Å². The topological polar surface area (TPSA) is 29.5 Å². The normalized spacial score (nSPS) is 19.5. The number of piperidine rings is 1. The molecular weight excluding hydrogens is 262 g/mol. The van der Waals surface area contributed by atoms with Crippen LogP contribution in [0.3, 0.4) is 0 Å². The molecule has 1 aromatic rings. The van der Waals surface area contributed by atoms with Gasteiger partial charge in [-0.3, -0.25) is 9.69 Å². The summed E-state index contributed by atoms with van der Waals surface area (Å²) in [5, 5.41) is 0. The Morgan fingerprint density at radius 3 is 2.86 bits per heavy atom. The van der Waals surface area contributed by atoms with Gasteiger partial charge in [0.2, 0.25) is 0 Å². The number of benzene rings is 1. The molecule has 3 nitrogen and oxygen atoms in total. The van der Waals surface area contributed by atoms with E-state index in [0.717, 1.165) is 19.5 Å². The molecule has 0 radical (unpaired) electrons. The quantitative estimate of drug-likeness (QED) is 0.777. The number of ether oxygens (including phenoxy) is 1. The molecule has 1 aliphatic heterocycles. The average molecular weight is 289 g/mol. The smallest absolute Gasteiger partial charge is 0.305 e. The van der Waals surface area contributed by atoms with Gasteiger partial charge in [-0.05, 0) is 62.3 Å². The summed E-state index contributed by atoms with van der Waals surface area (Å²) in [4.78, 5) is 13.8. The van der Waals surface area contributed by atoms with E-state index in [2.05, 4.69) is 36.9 Å².